The van der Waals surface area contributed by atoms with Crippen LogP contribution in [0.25, 0.3) is 0 Å². The number of ether oxygens (including phenoxy) is 1. The SMILES string of the molecule is COCC(F)(CCCN)Cc1ccc(C)cc1. The fourth-order valence-corrected chi connectivity index (χ4v) is 1.96. The summed E-state index contributed by atoms with van der Waals surface area (Å²) in [5.41, 5.74) is 6.33. The van der Waals surface area contributed by atoms with Gasteiger partial charge in [-0.1, -0.05) is 29.8 Å². The lowest BCUT2D eigenvalue weighted by atomic mass is 9.92. The van der Waals surface area contributed by atoms with Crippen molar-refractivity contribution in [3.63, 3.8) is 0 Å². The van der Waals surface area contributed by atoms with E-state index in [-0.39, 0.29) is 6.61 Å². The zero-order valence-electron chi connectivity index (χ0n) is 10.7. The highest BCUT2D eigenvalue weighted by Crippen LogP contribution is 2.24. The molecule has 0 radical (unpaired) electrons. The Morgan fingerprint density at radius 1 is 1.29 bits per heavy atom. The number of hydrogen-bond donors (Lipinski definition) is 1. The molecule has 1 rings (SSSR count). The van der Waals surface area contributed by atoms with Crippen LogP contribution < -0.4 is 5.73 Å². The highest BCUT2D eigenvalue weighted by atomic mass is 19.1. The van der Waals surface area contributed by atoms with Gasteiger partial charge in [-0.15, -0.1) is 0 Å². The molecule has 2 nitrogen and oxygen atoms in total. The minimum Gasteiger partial charge on any atom is -0.381 e. The lowest BCUT2D eigenvalue weighted by Gasteiger charge is -2.24. The molecule has 0 saturated carbocycles. The van der Waals surface area contributed by atoms with Gasteiger partial charge >= 0.3 is 0 Å². The van der Waals surface area contributed by atoms with E-state index in [0.717, 1.165) is 5.56 Å². The van der Waals surface area contributed by atoms with Crippen molar-refractivity contribution >= 4 is 0 Å². The second-order valence-electron chi connectivity index (χ2n) is 4.64. The first kappa shape index (κ1) is 14.1. The molecule has 0 fully saturated rings. The maximum atomic E-state index is 14.6. The van der Waals surface area contributed by atoms with E-state index in [4.69, 9.17) is 10.5 Å². The van der Waals surface area contributed by atoms with Crippen molar-refractivity contribution < 1.29 is 9.13 Å². The lowest BCUT2D eigenvalue weighted by molar-refractivity contribution is 0.0334. The van der Waals surface area contributed by atoms with E-state index >= 15 is 0 Å². The lowest BCUT2D eigenvalue weighted by Crippen LogP contribution is -2.32. The highest BCUT2D eigenvalue weighted by molar-refractivity contribution is 5.22. The number of methoxy groups -OCH3 is 1. The minimum atomic E-state index is -1.30. The Morgan fingerprint density at radius 2 is 1.94 bits per heavy atom. The largest absolute Gasteiger partial charge is 0.381 e. The average molecular weight is 239 g/mol. The van der Waals surface area contributed by atoms with E-state index in [1.165, 1.54) is 12.7 Å². The van der Waals surface area contributed by atoms with E-state index in [2.05, 4.69) is 0 Å². The van der Waals surface area contributed by atoms with Gasteiger partial charge in [0, 0.05) is 13.5 Å². The fourth-order valence-electron chi connectivity index (χ4n) is 1.96. The summed E-state index contributed by atoms with van der Waals surface area (Å²) >= 11 is 0. The predicted molar refractivity (Wildman–Crippen MR) is 68.9 cm³/mol. The Labute approximate surface area is 103 Å². The number of benzene rings is 1. The van der Waals surface area contributed by atoms with Crippen molar-refractivity contribution in [1.82, 2.24) is 0 Å². The second kappa shape index (κ2) is 6.72. The number of rotatable bonds is 7. The number of alkyl halides is 1. The van der Waals surface area contributed by atoms with Crippen molar-refractivity contribution in [2.24, 2.45) is 5.73 Å². The van der Waals surface area contributed by atoms with E-state index in [9.17, 15) is 4.39 Å². The van der Waals surface area contributed by atoms with Crippen LogP contribution in [0.1, 0.15) is 24.0 Å². The van der Waals surface area contributed by atoms with Crippen LogP contribution in [-0.4, -0.2) is 25.9 Å². The Balaban J connectivity index is 2.67. The van der Waals surface area contributed by atoms with Gasteiger partial charge in [-0.2, -0.15) is 0 Å². The van der Waals surface area contributed by atoms with Gasteiger partial charge in [0.2, 0.25) is 0 Å². The van der Waals surface area contributed by atoms with Crippen LogP contribution in [0.5, 0.6) is 0 Å². The summed E-state index contributed by atoms with van der Waals surface area (Å²) in [6.07, 6.45) is 1.53. The number of aryl methyl sites for hydroxylation is 1. The molecule has 0 heterocycles. The van der Waals surface area contributed by atoms with Crippen LogP contribution in [0, 0.1) is 6.92 Å². The standard InChI is InChI=1S/C14H22FNO/c1-12-4-6-13(7-5-12)10-14(15,11-17-2)8-3-9-16/h4-7H,3,8-11,16H2,1-2H3. The average Bonchev–Trinajstić information content (AvgIpc) is 2.30. The second-order valence-corrected chi connectivity index (χ2v) is 4.64. The summed E-state index contributed by atoms with van der Waals surface area (Å²) in [6, 6.07) is 7.96. The van der Waals surface area contributed by atoms with Gasteiger partial charge in [-0.05, 0) is 31.9 Å². The van der Waals surface area contributed by atoms with Crippen molar-refractivity contribution in [2.45, 2.75) is 31.9 Å². The monoisotopic (exact) mass is 239 g/mol. The maximum absolute atomic E-state index is 14.6. The highest BCUT2D eigenvalue weighted by Gasteiger charge is 2.29. The van der Waals surface area contributed by atoms with Gasteiger partial charge in [-0.3, -0.25) is 0 Å². The summed E-state index contributed by atoms with van der Waals surface area (Å²) in [7, 11) is 1.53. The molecule has 1 atom stereocenters. The zero-order valence-corrected chi connectivity index (χ0v) is 10.7. The van der Waals surface area contributed by atoms with Crippen molar-refractivity contribution in [2.75, 3.05) is 20.3 Å². The normalized spacial score (nSPS) is 14.6. The Kier molecular flexibility index (Phi) is 5.59. The molecule has 1 aromatic carbocycles. The van der Waals surface area contributed by atoms with Gasteiger partial charge in [0.1, 0.15) is 5.67 Å². The van der Waals surface area contributed by atoms with Crippen LogP contribution in [0.3, 0.4) is 0 Å². The molecule has 17 heavy (non-hydrogen) atoms. The molecule has 0 aromatic heterocycles. The molecule has 0 spiro atoms. The van der Waals surface area contributed by atoms with Gasteiger partial charge in [0.15, 0.2) is 0 Å². The van der Waals surface area contributed by atoms with E-state index in [1.807, 2.05) is 31.2 Å². The van der Waals surface area contributed by atoms with Crippen LogP contribution >= 0.6 is 0 Å². The smallest absolute Gasteiger partial charge is 0.138 e. The third-order valence-corrected chi connectivity index (χ3v) is 2.87. The molecule has 0 aliphatic rings. The molecule has 0 amide bonds. The molecule has 96 valence electrons. The summed E-state index contributed by atoms with van der Waals surface area (Å²) < 4.78 is 19.6. The number of nitrogens with two attached hydrogens (primary N) is 1. The van der Waals surface area contributed by atoms with Crippen molar-refractivity contribution in [3.05, 3.63) is 35.4 Å². The Morgan fingerprint density at radius 3 is 2.47 bits per heavy atom. The van der Waals surface area contributed by atoms with E-state index in [0.29, 0.717) is 25.8 Å². The Bertz CT molecular complexity index is 325. The first-order valence-electron chi connectivity index (χ1n) is 6.03. The molecular formula is C14H22FNO. The van der Waals surface area contributed by atoms with Gasteiger partial charge in [0.05, 0.1) is 6.61 Å². The number of halogens is 1. The third kappa shape index (κ3) is 4.84. The van der Waals surface area contributed by atoms with Crippen LogP contribution in [0.15, 0.2) is 24.3 Å². The van der Waals surface area contributed by atoms with E-state index in [1.54, 1.807) is 0 Å². The summed E-state index contributed by atoms with van der Waals surface area (Å²) in [5, 5.41) is 0. The number of hydrogen-bond acceptors (Lipinski definition) is 2. The minimum absolute atomic E-state index is 0.126. The van der Waals surface area contributed by atoms with Gasteiger partial charge in [0.25, 0.3) is 0 Å². The molecule has 0 aliphatic heterocycles. The van der Waals surface area contributed by atoms with Crippen LogP contribution in [-0.2, 0) is 11.2 Å². The quantitative estimate of drug-likeness (QED) is 0.794. The first-order chi connectivity index (χ1) is 8.09. The molecule has 0 saturated heterocycles. The first-order valence-corrected chi connectivity index (χ1v) is 6.03. The molecule has 3 heteroatoms. The van der Waals surface area contributed by atoms with Gasteiger partial charge < -0.3 is 10.5 Å². The zero-order chi connectivity index (χ0) is 12.7. The molecule has 1 aromatic rings. The molecule has 0 aliphatic carbocycles. The molecule has 2 N–H and O–H groups in total. The summed E-state index contributed by atoms with van der Waals surface area (Å²) in [6.45, 7) is 2.67. The van der Waals surface area contributed by atoms with E-state index < -0.39 is 5.67 Å². The third-order valence-electron chi connectivity index (χ3n) is 2.87. The maximum Gasteiger partial charge on any atom is 0.138 e. The fraction of sp³-hybridized carbons (Fsp3) is 0.571. The van der Waals surface area contributed by atoms with Crippen LogP contribution in [0.2, 0.25) is 0 Å². The summed E-state index contributed by atoms with van der Waals surface area (Å²) in [4.78, 5) is 0. The van der Waals surface area contributed by atoms with Gasteiger partial charge in [-0.25, -0.2) is 4.39 Å². The molecule has 0 bridgehead atoms. The van der Waals surface area contributed by atoms with Crippen molar-refractivity contribution in [1.29, 1.82) is 0 Å². The topological polar surface area (TPSA) is 35.2 Å². The molecule has 1 unspecified atom stereocenters. The predicted octanol–water partition coefficient (Wildman–Crippen LogP) is 2.63. The van der Waals surface area contributed by atoms with Crippen molar-refractivity contribution in [3.8, 4) is 0 Å². The Hall–Kier alpha value is -0.930. The summed E-state index contributed by atoms with van der Waals surface area (Å²) in [5.74, 6) is 0. The van der Waals surface area contributed by atoms with Crippen LogP contribution in [0.4, 0.5) is 4.39 Å². The molecular weight excluding hydrogens is 217 g/mol.